The number of hydrogen-bond acceptors (Lipinski definition) is 10. The molecule has 14 heteroatoms. The van der Waals surface area contributed by atoms with Gasteiger partial charge >= 0.3 is 29.6 Å². The second-order valence-corrected chi connectivity index (χ2v) is 9.51. The van der Waals surface area contributed by atoms with Crippen LogP contribution in [0.4, 0.5) is 17.1 Å². The molecular weight excluding hydrogens is 461 g/mol. The van der Waals surface area contributed by atoms with E-state index in [0.29, 0.717) is 0 Å². The molecule has 3 aromatic rings. The van der Waals surface area contributed by atoms with Gasteiger partial charge in [-0.05, 0) is 36.4 Å². The molecule has 11 nitrogen and oxygen atoms in total. The maximum absolute atomic E-state index is 12.0. The zero-order valence-electron chi connectivity index (χ0n) is 16.1. The van der Waals surface area contributed by atoms with E-state index in [1.165, 1.54) is 18.2 Å². The fourth-order valence-electron chi connectivity index (χ4n) is 2.64. The number of nitrogens with zero attached hydrogens (tertiary/aromatic N) is 3. The molecule has 0 fully saturated rings. The Labute approximate surface area is 198 Å². The average molecular weight is 473 g/mol. The van der Waals surface area contributed by atoms with E-state index in [4.69, 9.17) is 0 Å². The molecule has 3 rings (SSSR count). The second kappa shape index (κ2) is 8.98. The standard InChI is InChI=1S/C17H13N3O8S2.Na/c1-29(24,25)17-8-10(20(22)23)2-5-15(17)19-18-14-6-7-16(21)12-4-3-11(9-13(12)14)30(26,27)28;/h2-9,21H,1H3,(H,26,27,28);/q;+1/p-1. The normalized spacial score (nSPS) is 12.1. The first-order valence-corrected chi connectivity index (χ1v) is 11.3. The molecule has 0 amide bonds. The number of sulfone groups is 1. The number of fused-ring (bicyclic) bond motifs is 1. The van der Waals surface area contributed by atoms with E-state index < -0.39 is 40.4 Å². The zero-order valence-corrected chi connectivity index (χ0v) is 19.7. The van der Waals surface area contributed by atoms with Gasteiger partial charge in [-0.1, -0.05) is 0 Å². The maximum Gasteiger partial charge on any atom is 1.00 e. The summed E-state index contributed by atoms with van der Waals surface area (Å²) in [7, 11) is -8.67. The monoisotopic (exact) mass is 473 g/mol. The topological polar surface area (TPSA) is 179 Å². The predicted molar refractivity (Wildman–Crippen MR) is 104 cm³/mol. The van der Waals surface area contributed by atoms with Crippen molar-refractivity contribution in [2.75, 3.05) is 6.26 Å². The summed E-state index contributed by atoms with van der Waals surface area (Å²) in [6, 6.07) is 8.82. The van der Waals surface area contributed by atoms with Crippen molar-refractivity contribution < 1.29 is 61.0 Å². The molecule has 0 atom stereocenters. The Bertz CT molecular complexity index is 1440. The summed E-state index contributed by atoms with van der Waals surface area (Å²) in [5.41, 5.74) is -0.599. The van der Waals surface area contributed by atoms with Crippen LogP contribution in [0.3, 0.4) is 0 Å². The van der Waals surface area contributed by atoms with E-state index in [2.05, 4.69) is 10.2 Å². The first-order valence-electron chi connectivity index (χ1n) is 8.00. The van der Waals surface area contributed by atoms with Gasteiger partial charge in [0, 0.05) is 29.2 Å². The fourth-order valence-corrected chi connectivity index (χ4v) is 3.96. The molecule has 0 aliphatic heterocycles. The first kappa shape index (κ1) is 24.8. The van der Waals surface area contributed by atoms with Crippen LogP contribution in [0.5, 0.6) is 5.75 Å². The number of aromatic hydroxyl groups is 1. The summed E-state index contributed by atoms with van der Waals surface area (Å²) in [5, 5.41) is 28.9. The first-order chi connectivity index (χ1) is 13.9. The molecule has 0 saturated heterocycles. The average Bonchev–Trinajstić information content (AvgIpc) is 2.65. The van der Waals surface area contributed by atoms with Crippen molar-refractivity contribution in [3.8, 4) is 5.75 Å². The number of azo groups is 1. The molecule has 0 aliphatic carbocycles. The van der Waals surface area contributed by atoms with Gasteiger partial charge in [0.1, 0.15) is 26.5 Å². The van der Waals surface area contributed by atoms with Crippen molar-refractivity contribution in [1.82, 2.24) is 0 Å². The number of nitro benzene ring substituents is 1. The Balaban J connectivity index is 0.00000341. The van der Waals surface area contributed by atoms with Crippen LogP contribution in [0.2, 0.25) is 0 Å². The number of phenolic OH excluding ortho intramolecular Hbond substituents is 1. The van der Waals surface area contributed by atoms with Crippen LogP contribution in [-0.2, 0) is 20.0 Å². The van der Waals surface area contributed by atoms with Crippen molar-refractivity contribution >= 4 is 47.8 Å². The summed E-state index contributed by atoms with van der Waals surface area (Å²) >= 11 is 0. The number of phenols is 1. The van der Waals surface area contributed by atoms with E-state index >= 15 is 0 Å². The summed E-state index contributed by atoms with van der Waals surface area (Å²) in [5.74, 6) is -0.203. The van der Waals surface area contributed by atoms with Crippen LogP contribution in [0.25, 0.3) is 10.8 Å². The van der Waals surface area contributed by atoms with Gasteiger partial charge in [-0.3, -0.25) is 10.1 Å². The van der Waals surface area contributed by atoms with E-state index in [1.807, 2.05) is 0 Å². The summed E-state index contributed by atoms with van der Waals surface area (Å²) in [6.45, 7) is 0. The van der Waals surface area contributed by atoms with Gasteiger partial charge in [-0.2, -0.15) is 0 Å². The number of non-ortho nitro benzene ring substituents is 1. The third-order valence-corrected chi connectivity index (χ3v) is 6.01. The Morgan fingerprint density at radius 3 is 2.10 bits per heavy atom. The molecule has 1 N–H and O–H groups in total. The minimum Gasteiger partial charge on any atom is -0.744 e. The van der Waals surface area contributed by atoms with Crippen molar-refractivity contribution in [3.63, 3.8) is 0 Å². The molecule has 3 aromatic carbocycles. The Morgan fingerprint density at radius 1 is 0.903 bits per heavy atom. The van der Waals surface area contributed by atoms with Gasteiger partial charge in [-0.15, -0.1) is 10.2 Å². The van der Waals surface area contributed by atoms with Crippen LogP contribution in [0, 0.1) is 10.1 Å². The molecule has 0 saturated carbocycles. The smallest absolute Gasteiger partial charge is 0.744 e. The van der Waals surface area contributed by atoms with E-state index in [0.717, 1.165) is 36.6 Å². The van der Waals surface area contributed by atoms with E-state index in [1.54, 1.807) is 0 Å². The van der Waals surface area contributed by atoms with Crippen LogP contribution >= 0.6 is 0 Å². The van der Waals surface area contributed by atoms with Crippen molar-refractivity contribution in [1.29, 1.82) is 0 Å². The molecule has 31 heavy (non-hydrogen) atoms. The minimum atomic E-state index is -4.78. The zero-order chi connectivity index (χ0) is 22.3. The van der Waals surface area contributed by atoms with Crippen molar-refractivity contribution in [2.45, 2.75) is 9.79 Å². The fraction of sp³-hybridized carbons (Fsp3) is 0.0588. The summed E-state index contributed by atoms with van der Waals surface area (Å²) in [4.78, 5) is 9.19. The molecule has 0 aromatic heterocycles. The van der Waals surface area contributed by atoms with Gasteiger partial charge in [-0.25, -0.2) is 16.8 Å². The van der Waals surface area contributed by atoms with E-state index in [-0.39, 0.29) is 57.5 Å². The predicted octanol–water partition coefficient (Wildman–Crippen LogP) is 0.181. The largest absolute Gasteiger partial charge is 1.00 e. The molecule has 0 unspecified atom stereocenters. The minimum absolute atomic E-state index is 0. The maximum atomic E-state index is 12.0. The number of benzene rings is 3. The molecule has 0 bridgehead atoms. The van der Waals surface area contributed by atoms with Gasteiger partial charge < -0.3 is 9.66 Å². The molecule has 0 radical (unpaired) electrons. The van der Waals surface area contributed by atoms with Crippen molar-refractivity contribution in [3.05, 3.63) is 58.6 Å². The molecule has 0 aliphatic rings. The second-order valence-electron chi connectivity index (χ2n) is 6.15. The summed E-state index contributed by atoms with van der Waals surface area (Å²) in [6.07, 6.45) is 0.854. The van der Waals surface area contributed by atoms with Gasteiger partial charge in [0.15, 0.2) is 9.84 Å². The Hall–Kier alpha value is -2.42. The quantitative estimate of drug-likeness (QED) is 0.179. The van der Waals surface area contributed by atoms with Crippen LogP contribution < -0.4 is 29.6 Å². The number of hydrogen-bond donors (Lipinski definition) is 1. The number of rotatable bonds is 5. The van der Waals surface area contributed by atoms with Gasteiger partial charge in [0.25, 0.3) is 5.69 Å². The van der Waals surface area contributed by atoms with Crippen LogP contribution in [0.15, 0.2) is 68.6 Å². The SMILES string of the molecule is CS(=O)(=O)c1cc([N+](=O)[O-])ccc1N=Nc1ccc(O)c2ccc(S(=O)(=O)[O-])cc12.[Na+]. The van der Waals surface area contributed by atoms with E-state index in [9.17, 15) is 36.6 Å². The molecule has 156 valence electrons. The van der Waals surface area contributed by atoms with Crippen molar-refractivity contribution in [2.24, 2.45) is 10.2 Å². The summed E-state index contributed by atoms with van der Waals surface area (Å²) < 4.78 is 57.9. The van der Waals surface area contributed by atoms with Crippen LogP contribution in [0.1, 0.15) is 0 Å². The Kier molecular flexibility index (Phi) is 7.20. The third-order valence-electron chi connectivity index (χ3n) is 4.05. The van der Waals surface area contributed by atoms with Gasteiger partial charge in [0.2, 0.25) is 0 Å². The third kappa shape index (κ3) is 5.44. The van der Waals surface area contributed by atoms with Gasteiger partial charge in [0.05, 0.1) is 15.5 Å². The Morgan fingerprint density at radius 2 is 1.52 bits per heavy atom. The molecular formula is C17H12N3NaO8S2. The molecule has 0 spiro atoms. The number of nitro groups is 1. The molecule has 0 heterocycles. The van der Waals surface area contributed by atoms with Crippen LogP contribution in [-0.4, -0.2) is 37.7 Å².